The summed E-state index contributed by atoms with van der Waals surface area (Å²) in [5.41, 5.74) is 1.15. The third kappa shape index (κ3) is 7.13. The molecular formula is C53H60O8S2. The number of Topliss-reactive ketones (excluding diaryl/α,β-unsaturated/α-hetero) is 2. The van der Waals surface area contributed by atoms with Gasteiger partial charge in [0.05, 0.1) is 22.3 Å². The van der Waals surface area contributed by atoms with E-state index in [9.17, 15) is 26.4 Å². The van der Waals surface area contributed by atoms with Crippen LogP contribution in [0.4, 0.5) is 0 Å². The summed E-state index contributed by atoms with van der Waals surface area (Å²) in [4.78, 5) is 27.4. The van der Waals surface area contributed by atoms with Gasteiger partial charge in [-0.05, 0) is 118 Å². The molecule has 0 aliphatic heterocycles. The highest BCUT2D eigenvalue weighted by molar-refractivity contribution is 7.87. The van der Waals surface area contributed by atoms with Gasteiger partial charge in [0.2, 0.25) is 0 Å². The van der Waals surface area contributed by atoms with Crippen molar-refractivity contribution in [3.63, 3.8) is 0 Å². The summed E-state index contributed by atoms with van der Waals surface area (Å²) in [5.74, 6) is -0.660. The Kier molecular flexibility index (Phi) is 10.8. The van der Waals surface area contributed by atoms with Gasteiger partial charge in [-0.25, -0.2) is 0 Å². The van der Waals surface area contributed by atoms with Gasteiger partial charge in [0.15, 0.2) is 11.5 Å². The molecule has 332 valence electrons. The minimum Gasteiger partial charge on any atom is -0.382 e. The summed E-state index contributed by atoms with van der Waals surface area (Å²) in [5, 5.41) is 3.03. The maximum Gasteiger partial charge on any atom is 0.310 e. The van der Waals surface area contributed by atoms with Crippen molar-refractivity contribution in [2.45, 2.75) is 112 Å². The number of carbonyl (C=O) groups excluding carboxylic acids is 2. The molecule has 63 heavy (non-hydrogen) atoms. The third-order valence-corrected chi connectivity index (χ3v) is 19.1. The summed E-state index contributed by atoms with van der Waals surface area (Å²) < 4.78 is 72.0. The lowest BCUT2D eigenvalue weighted by Gasteiger charge is -2.36. The number of hydrogen-bond donors (Lipinski definition) is 0. The second-order valence-corrected chi connectivity index (χ2v) is 23.5. The topological polar surface area (TPSA) is 121 Å². The lowest BCUT2D eigenvalue weighted by molar-refractivity contribution is -0.128. The Labute approximate surface area is 373 Å². The summed E-state index contributed by atoms with van der Waals surface area (Å²) in [7, 11) is -8.88. The second-order valence-electron chi connectivity index (χ2n) is 20.4. The van der Waals surface area contributed by atoms with Crippen LogP contribution in [-0.2, 0) is 36.2 Å². The largest absolute Gasteiger partial charge is 0.382 e. The highest BCUT2D eigenvalue weighted by atomic mass is 32.2. The molecule has 9 rings (SSSR count). The van der Waals surface area contributed by atoms with Crippen molar-refractivity contribution >= 4 is 53.3 Å². The SMILES string of the molecule is CCCCCCc1cc(OS(=O)(=O)C[C@]23CC[C@H](CC2=O)C3(C)C)c(-c2c(OS(=O)(=O)C[C@]34CC[C@H](CC3=O)C4(C)C)cc(-c3ccc(C)cc3)c3ccccc23)c2ccccc12. The summed E-state index contributed by atoms with van der Waals surface area (Å²) in [6, 6.07) is 27.1. The van der Waals surface area contributed by atoms with Crippen molar-refractivity contribution in [2.75, 3.05) is 11.5 Å². The molecule has 4 aliphatic carbocycles. The van der Waals surface area contributed by atoms with Crippen LogP contribution in [0.1, 0.15) is 110 Å². The quantitative estimate of drug-likeness (QED) is 0.0752. The number of carbonyl (C=O) groups is 2. The van der Waals surface area contributed by atoms with Crippen LogP contribution in [0.25, 0.3) is 43.8 Å². The van der Waals surface area contributed by atoms with Gasteiger partial charge < -0.3 is 8.37 Å². The normalized spacial score (nSPS) is 24.8. The summed E-state index contributed by atoms with van der Waals surface area (Å²) >= 11 is 0. The van der Waals surface area contributed by atoms with Gasteiger partial charge in [0.1, 0.15) is 11.6 Å². The van der Waals surface area contributed by atoms with E-state index in [1.807, 2.05) is 113 Å². The zero-order chi connectivity index (χ0) is 44.7. The van der Waals surface area contributed by atoms with Gasteiger partial charge in [0, 0.05) is 24.0 Å². The smallest absolute Gasteiger partial charge is 0.310 e. The van der Waals surface area contributed by atoms with E-state index >= 15 is 0 Å². The van der Waals surface area contributed by atoms with E-state index in [1.165, 1.54) is 0 Å². The van der Waals surface area contributed by atoms with E-state index in [0.29, 0.717) is 54.0 Å². The highest BCUT2D eigenvalue weighted by Crippen LogP contribution is 2.65. The fourth-order valence-corrected chi connectivity index (χ4v) is 16.0. The molecule has 0 spiro atoms. The molecule has 4 saturated carbocycles. The van der Waals surface area contributed by atoms with Crippen LogP contribution < -0.4 is 8.37 Å². The van der Waals surface area contributed by atoms with Crippen molar-refractivity contribution in [2.24, 2.45) is 33.5 Å². The van der Waals surface area contributed by atoms with Crippen molar-refractivity contribution < 1.29 is 34.8 Å². The molecule has 4 aliphatic rings. The van der Waals surface area contributed by atoms with Crippen LogP contribution in [0.2, 0.25) is 0 Å². The van der Waals surface area contributed by atoms with E-state index in [4.69, 9.17) is 8.37 Å². The molecule has 0 amide bonds. The van der Waals surface area contributed by atoms with Gasteiger partial charge >= 0.3 is 20.2 Å². The van der Waals surface area contributed by atoms with Crippen molar-refractivity contribution in [1.29, 1.82) is 0 Å². The fraction of sp³-hybridized carbons (Fsp3) is 0.472. The molecule has 4 bridgehead atoms. The van der Waals surface area contributed by atoms with E-state index in [2.05, 4.69) is 6.92 Å². The Morgan fingerprint density at radius 1 is 0.603 bits per heavy atom. The molecule has 4 fully saturated rings. The van der Waals surface area contributed by atoms with E-state index in [0.717, 1.165) is 71.6 Å². The Morgan fingerprint density at radius 2 is 1.08 bits per heavy atom. The molecule has 0 heterocycles. The van der Waals surface area contributed by atoms with Gasteiger partial charge in [0.25, 0.3) is 0 Å². The number of unbranched alkanes of at least 4 members (excludes halogenated alkanes) is 3. The molecule has 0 unspecified atom stereocenters. The standard InChI is InChI=1S/C53H60O8S2/c1-7-8-9-10-15-36-28-44(60-62(56,57)32-52-26-24-37(29-46(52)54)50(52,3)4)48(41-18-13-11-16-39(36)41)49-42-19-14-12-17-40(42)43(35-22-20-34(2)21-23-35)31-45(49)61-63(58,59)33-53-27-25-38(30-47(53)55)51(53,5)6/h11-14,16-23,28,31,37-38H,7-10,15,24-27,29-30,32-33H2,1-6H3/t37-,38-,52-,53-/m1/s1. The first-order chi connectivity index (χ1) is 29.8. The zero-order valence-electron chi connectivity index (χ0n) is 37.5. The first kappa shape index (κ1) is 43.7. The predicted octanol–water partition coefficient (Wildman–Crippen LogP) is 12.0. The molecule has 5 aromatic carbocycles. The lowest BCUT2D eigenvalue weighted by Crippen LogP contribution is -2.43. The van der Waals surface area contributed by atoms with Crippen molar-refractivity contribution in [1.82, 2.24) is 0 Å². The van der Waals surface area contributed by atoms with Gasteiger partial charge in [-0.2, -0.15) is 16.8 Å². The van der Waals surface area contributed by atoms with Gasteiger partial charge in [-0.3, -0.25) is 9.59 Å². The minimum atomic E-state index is -4.46. The molecule has 4 atom stereocenters. The molecule has 0 N–H and O–H groups in total. The Bertz CT molecular complexity index is 2890. The van der Waals surface area contributed by atoms with Crippen LogP contribution in [0.3, 0.4) is 0 Å². The van der Waals surface area contributed by atoms with E-state index in [-0.39, 0.29) is 34.9 Å². The van der Waals surface area contributed by atoms with Crippen molar-refractivity contribution in [3.05, 3.63) is 96.1 Å². The van der Waals surface area contributed by atoms with Crippen LogP contribution in [-0.4, -0.2) is 39.9 Å². The predicted molar refractivity (Wildman–Crippen MR) is 251 cm³/mol. The number of aryl methyl sites for hydroxylation is 2. The Balaban J connectivity index is 1.28. The molecule has 0 radical (unpaired) electrons. The average Bonchev–Trinajstić information content (AvgIpc) is 3.76. The molecular weight excluding hydrogens is 829 g/mol. The maximum absolute atomic E-state index is 14.8. The zero-order valence-corrected chi connectivity index (χ0v) is 39.1. The van der Waals surface area contributed by atoms with Gasteiger partial charge in [-0.15, -0.1) is 0 Å². The van der Waals surface area contributed by atoms with Crippen molar-refractivity contribution in [3.8, 4) is 33.8 Å². The molecule has 5 aromatic rings. The number of benzene rings is 5. The lowest BCUT2D eigenvalue weighted by atomic mass is 9.70. The van der Waals surface area contributed by atoms with Crippen LogP contribution in [0.15, 0.2) is 84.9 Å². The van der Waals surface area contributed by atoms with Crippen LogP contribution >= 0.6 is 0 Å². The summed E-state index contributed by atoms with van der Waals surface area (Å²) in [6.07, 6.45) is 7.96. The second kappa shape index (κ2) is 15.6. The minimum absolute atomic E-state index is 0.0194. The highest BCUT2D eigenvalue weighted by Gasteiger charge is 2.67. The first-order valence-corrected chi connectivity index (χ1v) is 26.1. The third-order valence-electron chi connectivity index (χ3n) is 16.6. The summed E-state index contributed by atoms with van der Waals surface area (Å²) in [6.45, 7) is 12.2. The average molecular weight is 889 g/mol. The number of ketones is 2. The number of fused-ring (bicyclic) bond motifs is 6. The molecule has 10 heteroatoms. The monoisotopic (exact) mass is 888 g/mol. The van der Waals surface area contributed by atoms with Crippen LogP contribution in [0.5, 0.6) is 11.5 Å². The van der Waals surface area contributed by atoms with Crippen LogP contribution in [0, 0.1) is 40.4 Å². The number of hydrogen-bond acceptors (Lipinski definition) is 8. The molecule has 0 saturated heterocycles. The van der Waals surface area contributed by atoms with Gasteiger partial charge in [-0.1, -0.05) is 132 Å². The Morgan fingerprint density at radius 3 is 1.56 bits per heavy atom. The molecule has 8 nitrogen and oxygen atoms in total. The maximum atomic E-state index is 14.8. The fourth-order valence-electron chi connectivity index (χ4n) is 12.5. The number of rotatable bonds is 15. The van der Waals surface area contributed by atoms with E-state index in [1.54, 1.807) is 6.07 Å². The Hall–Kier alpha value is -4.54. The first-order valence-electron chi connectivity index (χ1n) is 22.9. The molecule has 0 aromatic heterocycles. The van der Waals surface area contributed by atoms with E-state index < -0.39 is 53.4 Å².